The Balaban J connectivity index is 2.85. The van der Waals surface area contributed by atoms with Crippen molar-refractivity contribution in [3.8, 4) is 0 Å². The molecule has 0 aliphatic rings. The first-order chi connectivity index (χ1) is 8.41. The van der Waals surface area contributed by atoms with Crippen LogP contribution in [0.5, 0.6) is 0 Å². The van der Waals surface area contributed by atoms with Crippen LogP contribution in [0.1, 0.15) is 90.9 Å². The number of unbranched alkanes of at least 4 members (excludes halogenated alkanes) is 10. The van der Waals surface area contributed by atoms with E-state index < -0.39 is 0 Å². The van der Waals surface area contributed by atoms with Crippen LogP contribution >= 0.6 is 8.58 Å². The molecule has 1 radical (unpaired) electrons. The van der Waals surface area contributed by atoms with E-state index >= 15 is 0 Å². The van der Waals surface area contributed by atoms with Gasteiger partial charge in [0.1, 0.15) is 0 Å². The quantitative estimate of drug-likeness (QED) is 0.241. The largest absolute Gasteiger partial charge is 0.0810 e. The lowest BCUT2D eigenvalue weighted by Gasteiger charge is -2.02. The predicted molar refractivity (Wildman–Crippen MR) is 83.4 cm³/mol. The molecule has 1 heteroatoms. The van der Waals surface area contributed by atoms with Gasteiger partial charge in [-0.05, 0) is 25.2 Å². The lowest BCUT2D eigenvalue weighted by Crippen LogP contribution is -1.84. The highest BCUT2D eigenvalue weighted by Crippen LogP contribution is 2.17. The lowest BCUT2D eigenvalue weighted by atomic mass is 10.1. The minimum Gasteiger partial charge on any atom is -0.0810 e. The summed E-state index contributed by atoms with van der Waals surface area (Å²) in [7, 11) is 1.72. The molecule has 0 amide bonds. The third-order valence-electron chi connectivity index (χ3n) is 3.34. The van der Waals surface area contributed by atoms with Gasteiger partial charge in [0.15, 0.2) is 0 Å². The van der Waals surface area contributed by atoms with Crippen molar-refractivity contribution in [3.63, 3.8) is 0 Å². The standard InChI is InChI=1S/C16H34P/c1-3-5-7-9-11-13-15-17-16-14-12-10-8-6-4-2/h3-16H2,1-2H3. The van der Waals surface area contributed by atoms with Crippen molar-refractivity contribution in [2.24, 2.45) is 0 Å². The van der Waals surface area contributed by atoms with Gasteiger partial charge in [-0.1, -0.05) is 86.6 Å². The van der Waals surface area contributed by atoms with E-state index in [1.54, 1.807) is 8.58 Å². The van der Waals surface area contributed by atoms with Crippen molar-refractivity contribution < 1.29 is 0 Å². The minimum atomic E-state index is 1.37. The molecule has 0 aromatic rings. The maximum atomic E-state index is 2.29. The van der Waals surface area contributed by atoms with Gasteiger partial charge in [-0.25, -0.2) is 0 Å². The van der Waals surface area contributed by atoms with Crippen molar-refractivity contribution in [1.29, 1.82) is 0 Å². The summed E-state index contributed by atoms with van der Waals surface area (Å²) < 4.78 is 0. The molecule has 0 nitrogen and oxygen atoms in total. The molecule has 0 unspecified atom stereocenters. The molecular weight excluding hydrogens is 223 g/mol. The van der Waals surface area contributed by atoms with Crippen molar-refractivity contribution >= 4 is 8.58 Å². The van der Waals surface area contributed by atoms with Gasteiger partial charge in [0, 0.05) is 0 Å². The van der Waals surface area contributed by atoms with Crippen LogP contribution in [0, 0.1) is 0 Å². The third kappa shape index (κ3) is 16.4. The molecule has 0 N–H and O–H groups in total. The average molecular weight is 257 g/mol. The molecule has 0 heterocycles. The van der Waals surface area contributed by atoms with Gasteiger partial charge in [-0.15, -0.1) is 0 Å². The summed E-state index contributed by atoms with van der Waals surface area (Å²) in [5.41, 5.74) is 0. The summed E-state index contributed by atoms with van der Waals surface area (Å²) in [5, 5.41) is 0. The van der Waals surface area contributed by atoms with Crippen LogP contribution in [0.2, 0.25) is 0 Å². The highest BCUT2D eigenvalue weighted by Gasteiger charge is 1.93. The second kappa shape index (κ2) is 16.4. The molecule has 0 aromatic heterocycles. The Bertz CT molecular complexity index is 109. The molecule has 0 aromatic carbocycles. The van der Waals surface area contributed by atoms with E-state index in [1.807, 2.05) is 0 Å². The van der Waals surface area contributed by atoms with Gasteiger partial charge in [0.2, 0.25) is 0 Å². The molecule has 0 spiro atoms. The summed E-state index contributed by atoms with van der Waals surface area (Å²) >= 11 is 0. The SMILES string of the molecule is CCCCCCCC[P]CCCCCCCC. The fourth-order valence-corrected chi connectivity index (χ4v) is 3.24. The zero-order chi connectivity index (χ0) is 12.6. The van der Waals surface area contributed by atoms with Gasteiger partial charge < -0.3 is 0 Å². The van der Waals surface area contributed by atoms with E-state index in [9.17, 15) is 0 Å². The van der Waals surface area contributed by atoms with Gasteiger partial charge in [-0.2, -0.15) is 0 Å². The number of hydrogen-bond donors (Lipinski definition) is 0. The zero-order valence-electron chi connectivity index (χ0n) is 12.3. The Labute approximate surface area is 112 Å². The molecule has 17 heavy (non-hydrogen) atoms. The summed E-state index contributed by atoms with van der Waals surface area (Å²) in [4.78, 5) is 0. The fraction of sp³-hybridized carbons (Fsp3) is 1.00. The third-order valence-corrected chi connectivity index (χ3v) is 4.60. The van der Waals surface area contributed by atoms with Gasteiger partial charge >= 0.3 is 0 Å². The van der Waals surface area contributed by atoms with Crippen LogP contribution in [0.3, 0.4) is 0 Å². The number of rotatable bonds is 14. The molecule has 103 valence electrons. The van der Waals surface area contributed by atoms with E-state index in [-0.39, 0.29) is 0 Å². The first-order valence-corrected chi connectivity index (χ1v) is 9.31. The van der Waals surface area contributed by atoms with E-state index in [0.29, 0.717) is 0 Å². The van der Waals surface area contributed by atoms with Crippen molar-refractivity contribution in [2.45, 2.75) is 90.9 Å². The lowest BCUT2D eigenvalue weighted by molar-refractivity contribution is 0.623. The molecule has 0 bridgehead atoms. The summed E-state index contributed by atoms with van der Waals surface area (Å²) in [6, 6.07) is 0. The molecule has 0 fully saturated rings. The minimum absolute atomic E-state index is 1.37. The Morgan fingerprint density at radius 3 is 1.24 bits per heavy atom. The van der Waals surface area contributed by atoms with E-state index in [1.165, 1.54) is 89.4 Å². The predicted octanol–water partition coefficient (Wildman–Crippen LogP) is 6.65. The fourth-order valence-electron chi connectivity index (χ4n) is 2.12. The maximum Gasteiger partial charge on any atom is -0.0287 e. The van der Waals surface area contributed by atoms with E-state index in [4.69, 9.17) is 0 Å². The molecule has 0 saturated heterocycles. The molecule has 0 rings (SSSR count). The average Bonchev–Trinajstić information content (AvgIpc) is 2.35. The van der Waals surface area contributed by atoms with Gasteiger partial charge in [0.25, 0.3) is 0 Å². The summed E-state index contributed by atoms with van der Waals surface area (Å²) in [6.45, 7) is 4.58. The zero-order valence-corrected chi connectivity index (χ0v) is 13.2. The second-order valence-corrected chi connectivity index (χ2v) is 6.55. The van der Waals surface area contributed by atoms with Crippen LogP contribution < -0.4 is 0 Å². The molecule has 0 atom stereocenters. The second-order valence-electron chi connectivity index (χ2n) is 5.21. The van der Waals surface area contributed by atoms with Crippen LogP contribution in [0.15, 0.2) is 0 Å². The van der Waals surface area contributed by atoms with Gasteiger partial charge in [-0.3, -0.25) is 0 Å². The van der Waals surface area contributed by atoms with Crippen LogP contribution in [0.25, 0.3) is 0 Å². The van der Waals surface area contributed by atoms with E-state index in [2.05, 4.69) is 13.8 Å². The highest BCUT2D eigenvalue weighted by atomic mass is 31.1. The monoisotopic (exact) mass is 257 g/mol. The molecule has 0 saturated carbocycles. The first-order valence-electron chi connectivity index (χ1n) is 8.05. The van der Waals surface area contributed by atoms with Crippen LogP contribution in [0.4, 0.5) is 0 Å². The smallest absolute Gasteiger partial charge is 0.0287 e. The van der Waals surface area contributed by atoms with E-state index in [0.717, 1.165) is 0 Å². The topological polar surface area (TPSA) is 0 Å². The molecule has 0 aliphatic heterocycles. The Kier molecular flexibility index (Phi) is 16.8. The first kappa shape index (κ1) is 17.4. The van der Waals surface area contributed by atoms with Crippen molar-refractivity contribution in [3.05, 3.63) is 0 Å². The highest BCUT2D eigenvalue weighted by molar-refractivity contribution is 7.37. The maximum absolute atomic E-state index is 2.29. The van der Waals surface area contributed by atoms with Crippen LogP contribution in [-0.2, 0) is 0 Å². The normalized spacial score (nSPS) is 10.9. The summed E-state index contributed by atoms with van der Waals surface area (Å²) in [6.07, 6.45) is 20.3. The molecular formula is C16H34P. The van der Waals surface area contributed by atoms with Crippen molar-refractivity contribution in [1.82, 2.24) is 0 Å². The molecule has 0 aliphatic carbocycles. The van der Waals surface area contributed by atoms with Gasteiger partial charge in [0.05, 0.1) is 0 Å². The Morgan fingerprint density at radius 2 is 0.824 bits per heavy atom. The number of hydrogen-bond acceptors (Lipinski definition) is 0. The van der Waals surface area contributed by atoms with Crippen LogP contribution in [-0.4, -0.2) is 12.3 Å². The Morgan fingerprint density at radius 1 is 0.471 bits per heavy atom. The Hall–Kier alpha value is 0.430. The van der Waals surface area contributed by atoms with Crippen molar-refractivity contribution in [2.75, 3.05) is 12.3 Å². The summed E-state index contributed by atoms with van der Waals surface area (Å²) in [5.74, 6) is 0.